The van der Waals surface area contributed by atoms with Crippen LogP contribution in [0.1, 0.15) is 22.3 Å². The van der Waals surface area contributed by atoms with Crippen molar-refractivity contribution in [3.05, 3.63) is 224 Å². The molecule has 0 radical (unpaired) electrons. The van der Waals surface area contributed by atoms with Gasteiger partial charge in [-0.2, -0.15) is 43.2 Å². The Hall–Kier alpha value is -6.11. The quantitative estimate of drug-likeness (QED) is 0.0459. The van der Waals surface area contributed by atoms with Gasteiger partial charge in [0.15, 0.2) is 0 Å². The van der Waals surface area contributed by atoms with Gasteiger partial charge in [-0.25, -0.2) is 0 Å². The van der Waals surface area contributed by atoms with Crippen molar-refractivity contribution in [3.8, 4) is 23.0 Å². The molecule has 8 rings (SSSR count). The maximum absolute atomic E-state index is 14.2. The van der Waals surface area contributed by atoms with Crippen molar-refractivity contribution in [2.75, 3.05) is 0 Å². The smallest absolute Gasteiger partial charge is 0.0619 e. The Bertz CT molecular complexity index is 3600. The molecule has 0 saturated carbocycles. The summed E-state index contributed by atoms with van der Waals surface area (Å²) in [5, 5.41) is 0. The second-order valence-corrected chi connectivity index (χ2v) is 32.6. The molecule has 0 fully saturated rings. The van der Waals surface area contributed by atoms with E-state index in [9.17, 15) is 64.8 Å². The third kappa shape index (κ3) is 12.6. The van der Waals surface area contributed by atoms with Crippen LogP contribution < -0.4 is 9.47 Å². The van der Waals surface area contributed by atoms with Crippen LogP contribution >= 0.6 is 40.9 Å². The normalized spacial score (nSPS) is 13.6. The van der Waals surface area contributed by atoms with Crippen LogP contribution in [0.5, 0.6) is 23.0 Å². The summed E-state index contributed by atoms with van der Waals surface area (Å²) < 4.78 is 231. The SMILES string of the molecule is Cc1ccccc1S(OS(=O)(=O)C(F)(F)F)(c1ccc(Oc2ccc(I(OS(=O)(=O)C(F)(F)F)c3ccc(Oc4ccc(S(OS(=O)(=O)C(F)(F)F)(c5ccccc5C)c5ccccc5C)cc4)cc3)cc2)cc1)c1ccccc1C. The van der Waals surface area contributed by atoms with E-state index in [0.29, 0.717) is 22.3 Å². The van der Waals surface area contributed by atoms with E-state index in [4.69, 9.17) is 19.2 Å². The molecular weight excluding hydrogens is 1290 g/mol. The summed E-state index contributed by atoms with van der Waals surface area (Å²) in [6.07, 6.45) is 0. The van der Waals surface area contributed by atoms with Gasteiger partial charge in [-0.1, -0.05) is 72.8 Å². The van der Waals surface area contributed by atoms with Gasteiger partial charge in [0.2, 0.25) is 0 Å². The van der Waals surface area contributed by atoms with Gasteiger partial charge in [0.1, 0.15) is 0 Å². The fourth-order valence-electron chi connectivity index (χ4n) is 8.05. The van der Waals surface area contributed by atoms with Crippen LogP contribution in [0.25, 0.3) is 0 Å². The van der Waals surface area contributed by atoms with Gasteiger partial charge >= 0.3 is 332 Å². The zero-order chi connectivity index (χ0) is 59.0. The summed E-state index contributed by atoms with van der Waals surface area (Å²) in [7, 11) is -26.1. The predicted octanol–water partition coefficient (Wildman–Crippen LogP) is 17.0. The molecule has 8 aromatic carbocycles. The topological polar surface area (TPSA) is 149 Å². The Morgan fingerprint density at radius 1 is 0.321 bits per heavy atom. The summed E-state index contributed by atoms with van der Waals surface area (Å²) in [4.78, 5) is 0.753. The molecule has 26 heteroatoms. The Labute approximate surface area is 472 Å². The van der Waals surface area contributed by atoms with Crippen molar-refractivity contribution in [1.82, 2.24) is 0 Å². The van der Waals surface area contributed by atoms with Gasteiger partial charge < -0.3 is 0 Å². The number of aryl methyl sites for hydroxylation is 4. The Morgan fingerprint density at radius 2 is 0.556 bits per heavy atom. The minimum absolute atomic E-state index is 0.0369. The van der Waals surface area contributed by atoms with Crippen molar-refractivity contribution in [3.63, 3.8) is 0 Å². The molecule has 430 valence electrons. The third-order valence-electron chi connectivity index (χ3n) is 11.8. The van der Waals surface area contributed by atoms with Crippen molar-refractivity contribution >= 4 is 71.2 Å². The van der Waals surface area contributed by atoms with Crippen LogP contribution in [0.2, 0.25) is 0 Å². The molecule has 0 bridgehead atoms. The van der Waals surface area contributed by atoms with Crippen LogP contribution in [-0.4, -0.2) is 41.8 Å². The molecule has 0 aliphatic heterocycles. The average molecular weight is 1340 g/mol. The molecule has 0 aliphatic carbocycles. The summed E-state index contributed by atoms with van der Waals surface area (Å²) in [6.45, 7) is 6.40. The molecule has 0 saturated heterocycles. The minimum Gasteiger partial charge on any atom is -0.0619 e. The first-order valence-corrected chi connectivity index (χ1v) is 33.7. The molecule has 0 atom stereocenters. The van der Waals surface area contributed by atoms with Gasteiger partial charge in [0, 0.05) is 0 Å². The van der Waals surface area contributed by atoms with Crippen molar-refractivity contribution in [2.24, 2.45) is 0 Å². The number of benzene rings is 8. The zero-order valence-electron chi connectivity index (χ0n) is 42.3. The van der Waals surface area contributed by atoms with E-state index >= 15 is 0 Å². The predicted molar refractivity (Wildman–Crippen MR) is 295 cm³/mol. The van der Waals surface area contributed by atoms with Crippen LogP contribution in [0.4, 0.5) is 39.5 Å². The number of rotatable bonds is 18. The Kier molecular flexibility index (Phi) is 17.5. The van der Waals surface area contributed by atoms with E-state index in [1.165, 1.54) is 146 Å². The van der Waals surface area contributed by atoms with E-state index in [2.05, 4.69) is 0 Å². The van der Waals surface area contributed by atoms with Gasteiger partial charge in [-0.05, 0) is 27.7 Å². The molecule has 0 unspecified atom stereocenters. The molecule has 11 nitrogen and oxygen atoms in total. The number of alkyl halides is 9. The molecule has 0 N–H and O–H groups in total. The van der Waals surface area contributed by atoms with Crippen LogP contribution in [-0.2, 0) is 40.1 Å². The Morgan fingerprint density at radius 3 is 0.790 bits per heavy atom. The molecule has 0 heterocycles. The first kappa shape index (κ1) is 61.0. The first-order chi connectivity index (χ1) is 37.9. The van der Waals surface area contributed by atoms with Gasteiger partial charge in [0.05, 0.1) is 0 Å². The first-order valence-electron chi connectivity index (χ1n) is 23.3. The van der Waals surface area contributed by atoms with Crippen LogP contribution in [0, 0.1) is 34.8 Å². The van der Waals surface area contributed by atoms with E-state index in [1.54, 1.807) is 76.2 Å². The van der Waals surface area contributed by atoms with Gasteiger partial charge in [-0.15, -0.1) is 0 Å². The number of ether oxygens (including phenoxy) is 2. The molecule has 81 heavy (non-hydrogen) atoms. The van der Waals surface area contributed by atoms with E-state index in [0.717, 1.165) is 0 Å². The third-order valence-corrected chi connectivity index (χ3v) is 29.2. The summed E-state index contributed by atoms with van der Waals surface area (Å²) in [5.41, 5.74) is -15.7. The summed E-state index contributed by atoms with van der Waals surface area (Å²) in [5.74, 6) is 0.275. The molecule has 0 amide bonds. The monoisotopic (exact) mass is 1340 g/mol. The summed E-state index contributed by atoms with van der Waals surface area (Å²) >= 11 is -4.08. The standard InChI is InChI=1S/C55H44F9IO11S5/c1-37-13-5-9-17-49(37)77(50-18-10-6-14-38(50)2,75-80(68,69)54(59,60)61)47-33-29-45(30-34-47)72-43-25-21-41(22-26-43)65(74-79(66,67)53(56,57)58)42-23-27-44(28-24-42)73-46-31-35-48(36-32-46)78(51-19-11-7-15-39(51)3,52-20-12-8-16-40(52)4)76-81(70,71)55(62,63)64/h5-36H,1-4H3. The van der Waals surface area contributed by atoms with E-state index in [-0.39, 0.29) is 59.5 Å². The molecule has 0 aromatic heterocycles. The van der Waals surface area contributed by atoms with Crippen LogP contribution in [0.15, 0.2) is 223 Å². The fraction of sp³-hybridized carbons (Fsp3) is 0.127. The van der Waals surface area contributed by atoms with Crippen molar-refractivity contribution in [2.45, 2.75) is 73.6 Å². The average Bonchev–Trinajstić information content (AvgIpc) is 3.60. The van der Waals surface area contributed by atoms with Gasteiger partial charge in [-0.3, -0.25) is 0 Å². The summed E-state index contributed by atoms with van der Waals surface area (Å²) in [6, 6.07) is 46.2. The maximum atomic E-state index is 14.2. The number of hydrogen-bond donors (Lipinski definition) is 0. The molecule has 0 spiro atoms. The van der Waals surface area contributed by atoms with E-state index < -0.39 is 87.7 Å². The van der Waals surface area contributed by atoms with E-state index in [1.807, 2.05) is 0 Å². The number of halogens is 10. The zero-order valence-corrected chi connectivity index (χ0v) is 48.5. The molecular formula is C55H44F9IO11S5. The minimum atomic E-state index is -6.24. The van der Waals surface area contributed by atoms with Crippen molar-refractivity contribution in [1.29, 1.82) is 0 Å². The van der Waals surface area contributed by atoms with Crippen molar-refractivity contribution < 1.29 is 84.0 Å². The Balaban J connectivity index is 1.09. The molecule has 0 aliphatic rings. The fourth-order valence-corrected chi connectivity index (χ4v) is 24.7. The molecule has 8 aromatic rings. The number of hydrogen-bond acceptors (Lipinski definition) is 11. The van der Waals surface area contributed by atoms with Crippen LogP contribution in [0.3, 0.4) is 0 Å². The second kappa shape index (κ2) is 23.3. The van der Waals surface area contributed by atoms with Gasteiger partial charge in [0.25, 0.3) is 0 Å². The second-order valence-electron chi connectivity index (χ2n) is 17.4.